The monoisotopic (exact) mass is 559 g/mol. The van der Waals surface area contributed by atoms with E-state index in [2.05, 4.69) is 15.3 Å². The van der Waals surface area contributed by atoms with Crippen molar-refractivity contribution in [2.45, 2.75) is 51.6 Å². The number of benzene rings is 2. The Morgan fingerprint density at radius 2 is 2.00 bits per heavy atom. The molecule has 3 aliphatic heterocycles. The van der Waals surface area contributed by atoms with Crippen molar-refractivity contribution in [2.75, 3.05) is 11.9 Å². The minimum Gasteiger partial charge on any atom is -0.337 e. The van der Waals surface area contributed by atoms with Gasteiger partial charge in [0.2, 0.25) is 11.8 Å². The number of carbonyl (C=O) groups excluding carboxylic acids is 3. The molecule has 6 bridgehead atoms. The third-order valence-electron chi connectivity index (χ3n) is 7.77. The number of hydrogen-bond donors (Lipinski definition) is 1. The SMILES string of the molecule is CC(=O)c1cn2c3ccc(cc13)-c1cncnc1CCCc1cc(Cl)c(F)c(c1)NC(=O)[C@@H]1CCCN1C(=O)C2. The highest BCUT2D eigenvalue weighted by Crippen LogP contribution is 2.32. The van der Waals surface area contributed by atoms with Gasteiger partial charge in [0.15, 0.2) is 11.6 Å². The largest absolute Gasteiger partial charge is 0.337 e. The molecule has 10 heteroatoms. The molecule has 1 N–H and O–H groups in total. The van der Waals surface area contributed by atoms with E-state index in [-0.39, 0.29) is 28.9 Å². The average molecular weight is 560 g/mol. The molecular formula is C30H27ClFN5O3. The van der Waals surface area contributed by atoms with Gasteiger partial charge in [0.05, 0.1) is 16.4 Å². The van der Waals surface area contributed by atoms with E-state index in [0.717, 1.165) is 33.3 Å². The zero-order valence-corrected chi connectivity index (χ0v) is 22.7. The second-order valence-corrected chi connectivity index (χ2v) is 10.8. The van der Waals surface area contributed by atoms with Crippen molar-refractivity contribution >= 4 is 45.8 Å². The Morgan fingerprint density at radius 1 is 1.15 bits per heavy atom. The van der Waals surface area contributed by atoms with Crippen LogP contribution in [-0.2, 0) is 29.0 Å². The van der Waals surface area contributed by atoms with E-state index in [9.17, 15) is 18.8 Å². The van der Waals surface area contributed by atoms with Crippen LogP contribution in [0.1, 0.15) is 47.8 Å². The van der Waals surface area contributed by atoms with Crippen LogP contribution in [0.15, 0.2) is 49.1 Å². The van der Waals surface area contributed by atoms with Crippen molar-refractivity contribution in [3.05, 3.63) is 76.7 Å². The first-order valence-electron chi connectivity index (χ1n) is 13.3. The van der Waals surface area contributed by atoms with Gasteiger partial charge in [0.25, 0.3) is 0 Å². The molecule has 1 atom stereocenters. The Labute approximate surface area is 235 Å². The summed E-state index contributed by atoms with van der Waals surface area (Å²) < 4.78 is 16.7. The van der Waals surface area contributed by atoms with Crippen LogP contribution in [0.3, 0.4) is 0 Å². The standard InChI is InChI=1S/C30H27ClFN5O3/c1-17(38)22-14-36-15-28(39)37-9-3-6-27(37)30(40)35-25-11-18(10-23(31)29(25)32)4-2-5-24-21(13-33-16-34-24)19-7-8-26(36)20(22)12-19/h7-8,10-14,16,27H,2-6,9,15H2,1H3,(H,35,40)/t27-/m0/s1. The molecule has 0 aliphatic carbocycles. The summed E-state index contributed by atoms with van der Waals surface area (Å²) in [6, 6.07) is 8.24. The smallest absolute Gasteiger partial charge is 0.247 e. The molecule has 5 heterocycles. The Balaban J connectivity index is 1.47. The number of aryl methyl sites for hydroxylation is 2. The predicted octanol–water partition coefficient (Wildman–Crippen LogP) is 5.21. The third kappa shape index (κ3) is 4.75. The van der Waals surface area contributed by atoms with Crippen LogP contribution in [0.25, 0.3) is 22.0 Å². The van der Waals surface area contributed by atoms with Gasteiger partial charge in [-0.2, -0.15) is 0 Å². The van der Waals surface area contributed by atoms with Gasteiger partial charge in [-0.3, -0.25) is 14.4 Å². The highest BCUT2D eigenvalue weighted by molar-refractivity contribution is 6.31. The molecule has 0 spiro atoms. The Bertz CT molecular complexity index is 1680. The zero-order chi connectivity index (χ0) is 28.0. The topological polar surface area (TPSA) is 97.2 Å². The first-order chi connectivity index (χ1) is 19.3. The quantitative estimate of drug-likeness (QED) is 0.323. The molecule has 2 aromatic carbocycles. The van der Waals surface area contributed by atoms with Gasteiger partial charge < -0.3 is 14.8 Å². The third-order valence-corrected chi connectivity index (χ3v) is 8.05. The highest BCUT2D eigenvalue weighted by atomic mass is 35.5. The molecule has 8 nitrogen and oxygen atoms in total. The average Bonchev–Trinajstić information content (AvgIpc) is 3.57. The minimum atomic E-state index is -0.731. The van der Waals surface area contributed by atoms with Crippen LogP contribution < -0.4 is 5.32 Å². The molecule has 3 aliphatic rings. The van der Waals surface area contributed by atoms with E-state index in [1.54, 1.807) is 29.1 Å². The minimum absolute atomic E-state index is 0.00298. The Hall–Kier alpha value is -4.11. The van der Waals surface area contributed by atoms with Gasteiger partial charge in [-0.15, -0.1) is 0 Å². The molecule has 7 rings (SSSR count). The molecule has 4 aromatic rings. The zero-order valence-electron chi connectivity index (χ0n) is 21.9. The maximum absolute atomic E-state index is 14.9. The molecule has 0 unspecified atom stereocenters. The molecule has 0 saturated carbocycles. The Kier molecular flexibility index (Phi) is 6.83. The number of carbonyl (C=O) groups is 3. The van der Waals surface area contributed by atoms with E-state index in [1.165, 1.54) is 18.2 Å². The summed E-state index contributed by atoms with van der Waals surface area (Å²) in [7, 11) is 0. The number of amides is 2. The second-order valence-electron chi connectivity index (χ2n) is 10.4. The summed E-state index contributed by atoms with van der Waals surface area (Å²) in [6.07, 6.45) is 7.99. The van der Waals surface area contributed by atoms with Crippen molar-refractivity contribution in [3.63, 3.8) is 0 Å². The fourth-order valence-electron chi connectivity index (χ4n) is 5.80. The van der Waals surface area contributed by atoms with Crippen LogP contribution in [0, 0.1) is 5.82 Å². The fourth-order valence-corrected chi connectivity index (χ4v) is 6.04. The number of ketones is 1. The number of aromatic nitrogens is 3. The lowest BCUT2D eigenvalue weighted by molar-refractivity contribution is -0.137. The summed E-state index contributed by atoms with van der Waals surface area (Å²) in [5, 5.41) is 3.35. The number of nitrogens with one attached hydrogen (secondary N) is 1. The molecular weight excluding hydrogens is 533 g/mol. The lowest BCUT2D eigenvalue weighted by Gasteiger charge is -2.24. The van der Waals surface area contributed by atoms with Crippen molar-refractivity contribution in [3.8, 4) is 11.1 Å². The number of fused-ring (bicyclic) bond motifs is 5. The van der Waals surface area contributed by atoms with E-state index in [4.69, 9.17) is 11.6 Å². The normalized spacial score (nSPS) is 17.8. The summed E-state index contributed by atoms with van der Waals surface area (Å²) in [5.41, 5.74) is 4.60. The molecule has 2 amide bonds. The molecule has 2 aromatic heterocycles. The van der Waals surface area contributed by atoms with Crippen molar-refractivity contribution in [1.29, 1.82) is 0 Å². The maximum Gasteiger partial charge on any atom is 0.247 e. The number of nitrogens with zero attached hydrogens (tertiary/aromatic N) is 4. The van der Waals surface area contributed by atoms with Gasteiger partial charge in [-0.25, -0.2) is 14.4 Å². The first-order valence-corrected chi connectivity index (χ1v) is 13.7. The highest BCUT2D eigenvalue weighted by Gasteiger charge is 2.35. The van der Waals surface area contributed by atoms with Gasteiger partial charge >= 0.3 is 0 Å². The molecule has 204 valence electrons. The van der Waals surface area contributed by atoms with Gasteiger partial charge in [-0.05, 0) is 74.4 Å². The van der Waals surface area contributed by atoms with Gasteiger partial charge in [-0.1, -0.05) is 17.7 Å². The van der Waals surface area contributed by atoms with Crippen LogP contribution in [0.4, 0.5) is 10.1 Å². The molecule has 1 fully saturated rings. The second kappa shape index (κ2) is 10.5. The maximum atomic E-state index is 14.9. The van der Waals surface area contributed by atoms with Crippen molar-refractivity contribution in [2.24, 2.45) is 0 Å². The lowest BCUT2D eigenvalue weighted by Crippen LogP contribution is -2.44. The van der Waals surface area contributed by atoms with E-state index in [1.807, 2.05) is 18.2 Å². The number of halogens is 2. The van der Waals surface area contributed by atoms with Crippen LogP contribution in [0.2, 0.25) is 5.02 Å². The summed E-state index contributed by atoms with van der Waals surface area (Å²) in [4.78, 5) is 49.7. The van der Waals surface area contributed by atoms with Gasteiger partial charge in [0, 0.05) is 41.0 Å². The fraction of sp³-hybridized carbons (Fsp3) is 0.300. The van der Waals surface area contributed by atoms with Gasteiger partial charge in [0.1, 0.15) is 18.9 Å². The predicted molar refractivity (Wildman–Crippen MR) is 150 cm³/mol. The summed E-state index contributed by atoms with van der Waals surface area (Å²) >= 11 is 6.20. The summed E-state index contributed by atoms with van der Waals surface area (Å²) in [6.45, 7) is 1.88. The number of rotatable bonds is 1. The molecule has 0 radical (unpaired) electrons. The summed E-state index contributed by atoms with van der Waals surface area (Å²) in [5.74, 6) is -1.52. The number of hydrogen-bond acceptors (Lipinski definition) is 5. The number of Topliss-reactive ketones (excluding diaryl/α,β-unsaturated/α-hetero) is 1. The molecule has 1 saturated heterocycles. The van der Waals surface area contributed by atoms with Crippen LogP contribution in [0.5, 0.6) is 0 Å². The van der Waals surface area contributed by atoms with E-state index in [0.29, 0.717) is 44.2 Å². The van der Waals surface area contributed by atoms with Crippen molar-refractivity contribution < 1.29 is 18.8 Å². The molecule has 40 heavy (non-hydrogen) atoms. The lowest BCUT2D eigenvalue weighted by atomic mass is 9.98. The van der Waals surface area contributed by atoms with Crippen molar-refractivity contribution in [1.82, 2.24) is 19.4 Å². The van der Waals surface area contributed by atoms with E-state index < -0.39 is 17.8 Å². The van der Waals surface area contributed by atoms with E-state index >= 15 is 0 Å². The first kappa shape index (κ1) is 26.1. The van der Waals surface area contributed by atoms with Crippen LogP contribution >= 0.6 is 11.6 Å². The van der Waals surface area contributed by atoms with Crippen LogP contribution in [-0.4, -0.2) is 49.6 Å². The number of anilines is 1. The Morgan fingerprint density at radius 3 is 2.83 bits per heavy atom.